The first-order valence-electron chi connectivity index (χ1n) is 13.6. The zero-order valence-corrected chi connectivity index (χ0v) is 22.2. The number of hydrogen-bond acceptors (Lipinski definition) is 3. The summed E-state index contributed by atoms with van der Waals surface area (Å²) in [6.07, 6.45) is 7.68. The van der Waals surface area contributed by atoms with E-state index in [1.54, 1.807) is 22.3 Å². The number of rotatable bonds is 5. The van der Waals surface area contributed by atoms with Crippen molar-refractivity contribution in [3.8, 4) is 0 Å². The van der Waals surface area contributed by atoms with E-state index in [0.717, 1.165) is 41.5 Å². The molecule has 1 atom stereocenters. The average molecular weight is 530 g/mol. The van der Waals surface area contributed by atoms with Crippen molar-refractivity contribution < 1.29 is 14.0 Å². The average Bonchev–Trinajstić information content (AvgIpc) is 3.50. The number of benzene rings is 2. The van der Waals surface area contributed by atoms with Crippen LogP contribution in [0.25, 0.3) is 10.2 Å². The fourth-order valence-corrected chi connectivity index (χ4v) is 6.99. The minimum absolute atomic E-state index is 0.0711. The van der Waals surface area contributed by atoms with Gasteiger partial charge in [-0.1, -0.05) is 74.6 Å². The van der Waals surface area contributed by atoms with Crippen molar-refractivity contribution in [3.63, 3.8) is 0 Å². The van der Waals surface area contributed by atoms with E-state index >= 15 is 0 Å². The summed E-state index contributed by atoms with van der Waals surface area (Å²) >= 11 is 1.59. The number of nitrogens with one attached hydrogen (secondary N) is 1. The molecule has 4 aromatic rings. The Morgan fingerprint density at radius 2 is 1.74 bits per heavy atom. The number of nitrogens with zero attached hydrogens (tertiary/aromatic N) is 2. The van der Waals surface area contributed by atoms with Crippen LogP contribution in [0.5, 0.6) is 0 Å². The lowest BCUT2D eigenvalue weighted by molar-refractivity contribution is -0.136. The first-order valence-corrected chi connectivity index (χ1v) is 14.4. The lowest BCUT2D eigenvalue weighted by Crippen LogP contribution is -2.64. The number of carbonyl (C=O) groups is 2. The summed E-state index contributed by atoms with van der Waals surface area (Å²) in [5, 5.41) is 5.40. The Balaban J connectivity index is 1.50. The van der Waals surface area contributed by atoms with Crippen molar-refractivity contribution in [2.75, 3.05) is 0 Å². The molecule has 1 aliphatic carbocycles. The molecule has 0 radical (unpaired) electrons. The van der Waals surface area contributed by atoms with Gasteiger partial charge in [0.25, 0.3) is 11.8 Å². The Morgan fingerprint density at radius 1 is 0.974 bits per heavy atom. The second-order valence-corrected chi connectivity index (χ2v) is 11.5. The summed E-state index contributed by atoms with van der Waals surface area (Å²) in [6, 6.07) is 19.9. The molecular weight excluding hydrogens is 497 g/mol. The maximum absolute atomic E-state index is 14.6. The van der Waals surface area contributed by atoms with Crippen LogP contribution in [0.3, 0.4) is 0 Å². The smallest absolute Gasteiger partial charge is 0.272 e. The maximum atomic E-state index is 14.6. The number of carbonyl (C=O) groups excluding carboxylic acids is 2. The summed E-state index contributed by atoms with van der Waals surface area (Å²) < 4.78 is 17.2. The molecule has 5 nitrogen and oxygen atoms in total. The van der Waals surface area contributed by atoms with Gasteiger partial charge in [-0.2, -0.15) is 0 Å². The fourth-order valence-electron chi connectivity index (χ4n) is 6.17. The standard InChI is InChI=1S/C31H32FN3O2S/c32-24-13-9-10-22(18-24)20-35-29(36)27-19-28-26(16-17-38-28)34(27)21-31(35,23-11-5-4-6-12-23)30(37)33-25-14-7-2-1-3-8-15-25/h4-6,9-13,16-19,25H,1-3,7-8,14-15,20-21H2,(H,33,37)/t31-/m0/s1. The number of halogens is 1. The first-order chi connectivity index (χ1) is 18.6. The second-order valence-electron chi connectivity index (χ2n) is 10.5. The second kappa shape index (κ2) is 10.4. The third-order valence-corrected chi connectivity index (χ3v) is 8.98. The van der Waals surface area contributed by atoms with Gasteiger partial charge in [-0.15, -0.1) is 11.3 Å². The third kappa shape index (κ3) is 4.43. The van der Waals surface area contributed by atoms with Crippen LogP contribution < -0.4 is 5.32 Å². The topological polar surface area (TPSA) is 54.3 Å². The van der Waals surface area contributed by atoms with Crippen molar-refractivity contribution in [2.24, 2.45) is 0 Å². The monoisotopic (exact) mass is 529 g/mol. The van der Waals surface area contributed by atoms with Gasteiger partial charge in [0.15, 0.2) is 5.54 Å². The molecule has 1 saturated carbocycles. The molecule has 196 valence electrons. The van der Waals surface area contributed by atoms with Crippen molar-refractivity contribution in [3.05, 3.63) is 94.7 Å². The van der Waals surface area contributed by atoms with Gasteiger partial charge in [0, 0.05) is 12.6 Å². The van der Waals surface area contributed by atoms with Crippen LogP contribution in [0.2, 0.25) is 0 Å². The van der Waals surface area contributed by atoms with E-state index in [-0.39, 0.29) is 30.2 Å². The molecule has 2 amide bonds. The molecule has 0 saturated heterocycles. The van der Waals surface area contributed by atoms with Crippen LogP contribution in [0.4, 0.5) is 4.39 Å². The largest absolute Gasteiger partial charge is 0.351 e. The predicted molar refractivity (Wildman–Crippen MR) is 148 cm³/mol. The fraction of sp³-hybridized carbons (Fsp3) is 0.355. The highest BCUT2D eigenvalue weighted by Crippen LogP contribution is 2.41. The molecule has 1 N–H and O–H groups in total. The zero-order valence-electron chi connectivity index (χ0n) is 21.4. The molecule has 2 aromatic heterocycles. The van der Waals surface area contributed by atoms with E-state index in [2.05, 4.69) is 5.32 Å². The van der Waals surface area contributed by atoms with Gasteiger partial charge in [-0.05, 0) is 53.6 Å². The van der Waals surface area contributed by atoms with Crippen molar-refractivity contribution >= 4 is 33.4 Å². The molecule has 1 fully saturated rings. The molecule has 6 rings (SSSR count). The Bertz CT molecular complexity index is 1450. The Kier molecular flexibility index (Phi) is 6.78. The van der Waals surface area contributed by atoms with Crippen molar-refractivity contribution in [2.45, 2.75) is 69.6 Å². The lowest BCUT2D eigenvalue weighted by atomic mass is 9.83. The lowest BCUT2D eigenvalue weighted by Gasteiger charge is -2.47. The Labute approximate surface area is 226 Å². The minimum atomic E-state index is -1.28. The van der Waals surface area contributed by atoms with Crippen molar-refractivity contribution in [1.29, 1.82) is 0 Å². The van der Waals surface area contributed by atoms with Gasteiger partial charge >= 0.3 is 0 Å². The van der Waals surface area contributed by atoms with E-state index < -0.39 is 5.54 Å². The molecule has 2 aromatic carbocycles. The SMILES string of the molecule is O=C1c2cc3sccc3n2C[C@@](C(=O)NC2CCCCCCC2)(c2ccccc2)N1Cc1cccc(F)c1. The van der Waals surface area contributed by atoms with Gasteiger partial charge in [0.1, 0.15) is 11.5 Å². The predicted octanol–water partition coefficient (Wildman–Crippen LogP) is 6.62. The molecule has 38 heavy (non-hydrogen) atoms. The summed E-state index contributed by atoms with van der Waals surface area (Å²) in [4.78, 5) is 30.6. The van der Waals surface area contributed by atoms with E-state index in [1.165, 1.54) is 31.4 Å². The van der Waals surface area contributed by atoms with Gasteiger partial charge < -0.3 is 14.8 Å². The number of hydrogen-bond donors (Lipinski definition) is 1. The van der Waals surface area contributed by atoms with Crippen LogP contribution in [0.15, 0.2) is 72.1 Å². The van der Waals surface area contributed by atoms with Crippen molar-refractivity contribution in [1.82, 2.24) is 14.8 Å². The van der Waals surface area contributed by atoms with E-state index in [4.69, 9.17) is 0 Å². The number of amides is 2. The summed E-state index contributed by atoms with van der Waals surface area (Å²) in [5.41, 5.74) is 1.65. The zero-order chi connectivity index (χ0) is 26.1. The minimum Gasteiger partial charge on any atom is -0.351 e. The normalized spacial score (nSPS) is 20.7. The molecule has 7 heteroatoms. The molecule has 2 aliphatic rings. The highest BCUT2D eigenvalue weighted by molar-refractivity contribution is 7.17. The van der Waals surface area contributed by atoms with Crippen LogP contribution in [0, 0.1) is 5.82 Å². The van der Waals surface area contributed by atoms with Gasteiger partial charge in [0.05, 0.1) is 16.8 Å². The third-order valence-electron chi connectivity index (χ3n) is 8.13. The molecule has 0 spiro atoms. The molecule has 0 bridgehead atoms. The number of fused-ring (bicyclic) bond motifs is 3. The summed E-state index contributed by atoms with van der Waals surface area (Å²) in [7, 11) is 0. The Hall–Kier alpha value is -3.45. The molecular formula is C31H32FN3O2S. The van der Waals surface area contributed by atoms with Crippen LogP contribution in [-0.2, 0) is 23.4 Å². The highest BCUT2D eigenvalue weighted by Gasteiger charge is 2.52. The highest BCUT2D eigenvalue weighted by atomic mass is 32.1. The van der Waals surface area contributed by atoms with Crippen LogP contribution >= 0.6 is 11.3 Å². The molecule has 0 unspecified atom stereocenters. The van der Waals surface area contributed by atoms with E-state index in [9.17, 15) is 14.0 Å². The van der Waals surface area contributed by atoms with Gasteiger partial charge in [-0.25, -0.2) is 4.39 Å². The summed E-state index contributed by atoms with van der Waals surface area (Å²) in [6.45, 7) is 0.425. The van der Waals surface area contributed by atoms with Gasteiger partial charge in [0.2, 0.25) is 0 Å². The number of thiophene rings is 1. The van der Waals surface area contributed by atoms with Crippen LogP contribution in [0.1, 0.15) is 66.6 Å². The summed E-state index contributed by atoms with van der Waals surface area (Å²) in [5.74, 6) is -0.748. The van der Waals surface area contributed by atoms with E-state index in [1.807, 2.05) is 58.5 Å². The Morgan fingerprint density at radius 3 is 2.50 bits per heavy atom. The van der Waals surface area contributed by atoms with Gasteiger partial charge in [-0.3, -0.25) is 9.59 Å². The van der Waals surface area contributed by atoms with Crippen LogP contribution in [-0.4, -0.2) is 27.3 Å². The quantitative estimate of drug-likeness (QED) is 0.316. The molecule has 3 heterocycles. The van der Waals surface area contributed by atoms with E-state index in [0.29, 0.717) is 17.8 Å². The number of aromatic nitrogens is 1. The molecule has 1 aliphatic heterocycles. The maximum Gasteiger partial charge on any atom is 0.272 e. The first kappa shape index (κ1) is 24.9.